The van der Waals surface area contributed by atoms with Gasteiger partial charge in [-0.25, -0.2) is 0 Å². The Hall–Kier alpha value is -3.85. The number of nitrogens with zero attached hydrogens (tertiary/aromatic N) is 1. The Labute approximate surface area is 549 Å². The topological polar surface area (TPSA) is 114 Å². The van der Waals surface area contributed by atoms with Crippen molar-refractivity contribution in [3.8, 4) is 0 Å². The molecule has 0 heterocycles. The molecule has 3 unspecified atom stereocenters. The molecular formula is C79H137N2O7P. The zero-order chi connectivity index (χ0) is 64.9. The van der Waals surface area contributed by atoms with Crippen molar-refractivity contribution in [3.63, 3.8) is 0 Å². The van der Waals surface area contributed by atoms with Gasteiger partial charge in [0.15, 0.2) is 0 Å². The van der Waals surface area contributed by atoms with Gasteiger partial charge in [-0.2, -0.15) is 0 Å². The molecule has 10 heteroatoms. The van der Waals surface area contributed by atoms with E-state index in [2.05, 4.69) is 148 Å². The maximum atomic E-state index is 13.6. The van der Waals surface area contributed by atoms with Crippen LogP contribution in [0.1, 0.15) is 303 Å². The van der Waals surface area contributed by atoms with E-state index in [1.165, 1.54) is 116 Å². The van der Waals surface area contributed by atoms with Crippen LogP contribution in [0.4, 0.5) is 0 Å². The third-order valence-corrected chi connectivity index (χ3v) is 16.5. The van der Waals surface area contributed by atoms with E-state index < -0.39 is 26.6 Å². The summed E-state index contributed by atoms with van der Waals surface area (Å²) in [4.78, 5) is 40.3. The molecule has 3 atom stereocenters. The Balaban J connectivity index is 5.16. The second-order valence-corrected chi connectivity index (χ2v) is 26.8. The van der Waals surface area contributed by atoms with Gasteiger partial charge in [0.05, 0.1) is 33.8 Å². The lowest BCUT2D eigenvalue weighted by atomic mass is 10.0. The predicted molar refractivity (Wildman–Crippen MR) is 385 cm³/mol. The summed E-state index contributed by atoms with van der Waals surface area (Å²) in [6, 6.07) is -0.910. The summed E-state index contributed by atoms with van der Waals surface area (Å²) in [6.45, 7) is 6.70. The highest BCUT2D eigenvalue weighted by molar-refractivity contribution is 7.45. The van der Waals surface area contributed by atoms with Crippen molar-refractivity contribution in [3.05, 3.63) is 134 Å². The second kappa shape index (κ2) is 67.1. The van der Waals surface area contributed by atoms with Crippen LogP contribution in [0.3, 0.4) is 0 Å². The van der Waals surface area contributed by atoms with Crippen LogP contribution in [0.25, 0.3) is 0 Å². The summed E-state index contributed by atoms with van der Waals surface area (Å²) < 4.78 is 30.5. The Morgan fingerprint density at radius 3 is 1.10 bits per heavy atom. The van der Waals surface area contributed by atoms with E-state index in [1.54, 1.807) is 0 Å². The molecule has 0 bridgehead atoms. The highest BCUT2D eigenvalue weighted by Crippen LogP contribution is 2.38. The summed E-state index contributed by atoms with van der Waals surface area (Å²) in [5.74, 6) is -0.567. The van der Waals surface area contributed by atoms with Gasteiger partial charge >= 0.3 is 5.97 Å². The van der Waals surface area contributed by atoms with E-state index >= 15 is 0 Å². The minimum Gasteiger partial charge on any atom is -0.756 e. The van der Waals surface area contributed by atoms with Crippen LogP contribution in [0.2, 0.25) is 0 Å². The number of nitrogens with one attached hydrogen (secondary N) is 1. The Kier molecular flexibility index (Phi) is 64.2. The minimum absolute atomic E-state index is 0.0333. The normalized spacial score (nSPS) is 14.3. The molecule has 0 fully saturated rings. The predicted octanol–water partition coefficient (Wildman–Crippen LogP) is 22.9. The van der Waals surface area contributed by atoms with Crippen LogP contribution in [-0.4, -0.2) is 69.4 Å². The monoisotopic (exact) mass is 1260 g/mol. The molecular weight excluding hydrogens is 1120 g/mol. The van der Waals surface area contributed by atoms with Crippen molar-refractivity contribution in [2.75, 3.05) is 40.9 Å². The molecule has 510 valence electrons. The number of hydrogen-bond acceptors (Lipinski definition) is 7. The third kappa shape index (κ3) is 68.4. The fourth-order valence-corrected chi connectivity index (χ4v) is 10.7. The SMILES string of the molecule is CC/C=C\C/C=C\C/C=C\C/C=C\C/C=C\C/C=C\CCCCCCCCC(=O)NC(COP(=O)([O-])OCC[N+](C)(C)C)C(/C=C/CCCCCCCCCCCCC)OC(=O)CCCCCCCCCCC/C=C\C/C=C\C/C=C\C/C=C\CCCCC. The zero-order valence-corrected chi connectivity index (χ0v) is 59.2. The van der Waals surface area contributed by atoms with Crippen LogP contribution in [0, 0.1) is 0 Å². The number of hydrogen-bond donors (Lipinski definition) is 1. The molecule has 0 aromatic carbocycles. The van der Waals surface area contributed by atoms with Gasteiger partial charge in [0.25, 0.3) is 7.82 Å². The summed E-state index contributed by atoms with van der Waals surface area (Å²) in [5.41, 5.74) is 0. The number of phosphoric acid groups is 1. The van der Waals surface area contributed by atoms with Gasteiger partial charge in [-0.15, -0.1) is 0 Å². The summed E-state index contributed by atoms with van der Waals surface area (Å²) in [6.07, 6.45) is 95.7. The smallest absolute Gasteiger partial charge is 0.306 e. The summed E-state index contributed by atoms with van der Waals surface area (Å²) in [5, 5.41) is 3.03. The number of unbranched alkanes of at least 4 members (excludes halogenated alkanes) is 29. The number of carbonyl (C=O) groups excluding carboxylic acids is 2. The van der Waals surface area contributed by atoms with E-state index in [0.717, 1.165) is 148 Å². The summed E-state index contributed by atoms with van der Waals surface area (Å²) >= 11 is 0. The van der Waals surface area contributed by atoms with Crippen molar-refractivity contribution in [1.82, 2.24) is 5.32 Å². The maximum absolute atomic E-state index is 13.6. The van der Waals surface area contributed by atoms with E-state index in [0.29, 0.717) is 23.9 Å². The summed E-state index contributed by atoms with van der Waals surface area (Å²) in [7, 11) is 1.16. The molecule has 0 aromatic heterocycles. The van der Waals surface area contributed by atoms with Crippen molar-refractivity contribution in [2.45, 2.75) is 315 Å². The third-order valence-electron chi connectivity index (χ3n) is 15.6. The molecule has 0 aliphatic heterocycles. The van der Waals surface area contributed by atoms with Gasteiger partial charge in [-0.1, -0.05) is 296 Å². The zero-order valence-electron chi connectivity index (χ0n) is 58.3. The molecule has 9 nitrogen and oxygen atoms in total. The lowest BCUT2D eigenvalue weighted by Crippen LogP contribution is -2.47. The highest BCUT2D eigenvalue weighted by Gasteiger charge is 2.27. The van der Waals surface area contributed by atoms with Crippen molar-refractivity contribution in [1.29, 1.82) is 0 Å². The van der Waals surface area contributed by atoms with Crippen molar-refractivity contribution in [2.24, 2.45) is 0 Å². The Morgan fingerprint density at radius 2 is 0.719 bits per heavy atom. The lowest BCUT2D eigenvalue weighted by molar-refractivity contribution is -0.870. The van der Waals surface area contributed by atoms with E-state index in [1.807, 2.05) is 33.3 Å². The average molecular weight is 1260 g/mol. The Morgan fingerprint density at radius 1 is 0.404 bits per heavy atom. The first-order valence-electron chi connectivity index (χ1n) is 36.5. The lowest BCUT2D eigenvalue weighted by Gasteiger charge is -2.30. The number of quaternary nitrogens is 1. The number of ether oxygens (including phenoxy) is 1. The molecule has 0 radical (unpaired) electrons. The number of likely N-dealkylation sites (N-methyl/N-ethyl adjacent to an activating group) is 1. The molecule has 0 rings (SSSR count). The minimum atomic E-state index is -4.72. The number of phosphoric ester groups is 1. The first-order valence-corrected chi connectivity index (χ1v) is 38.0. The van der Waals surface area contributed by atoms with E-state index in [-0.39, 0.29) is 24.9 Å². The highest BCUT2D eigenvalue weighted by atomic mass is 31.2. The molecule has 0 aromatic rings. The van der Waals surface area contributed by atoms with Crippen LogP contribution < -0.4 is 10.2 Å². The van der Waals surface area contributed by atoms with Gasteiger partial charge < -0.3 is 28.5 Å². The van der Waals surface area contributed by atoms with Crippen LogP contribution in [0.5, 0.6) is 0 Å². The van der Waals surface area contributed by atoms with Crippen LogP contribution in [-0.2, 0) is 27.9 Å². The van der Waals surface area contributed by atoms with Crippen LogP contribution in [0.15, 0.2) is 134 Å². The van der Waals surface area contributed by atoms with E-state index in [9.17, 15) is 19.0 Å². The van der Waals surface area contributed by atoms with Crippen LogP contribution >= 0.6 is 7.82 Å². The number of rotatable bonds is 65. The van der Waals surface area contributed by atoms with Gasteiger partial charge in [0.1, 0.15) is 19.3 Å². The number of allylic oxidation sites excluding steroid dienone is 21. The fraction of sp³-hybridized carbons (Fsp3) is 0.696. The van der Waals surface area contributed by atoms with Gasteiger partial charge in [-0.3, -0.25) is 14.2 Å². The molecule has 0 aliphatic rings. The molecule has 0 saturated heterocycles. The number of carbonyl (C=O) groups is 2. The average Bonchev–Trinajstić information content (AvgIpc) is 3.67. The number of esters is 1. The number of amides is 1. The molecule has 89 heavy (non-hydrogen) atoms. The maximum Gasteiger partial charge on any atom is 0.306 e. The largest absolute Gasteiger partial charge is 0.756 e. The van der Waals surface area contributed by atoms with Gasteiger partial charge in [-0.05, 0) is 128 Å². The van der Waals surface area contributed by atoms with E-state index in [4.69, 9.17) is 13.8 Å². The van der Waals surface area contributed by atoms with Gasteiger partial charge in [0.2, 0.25) is 5.91 Å². The quantitative estimate of drug-likeness (QED) is 0.0212. The van der Waals surface area contributed by atoms with Crippen molar-refractivity contribution >= 4 is 19.7 Å². The molecule has 0 aliphatic carbocycles. The first-order chi connectivity index (χ1) is 43.4. The van der Waals surface area contributed by atoms with Crippen molar-refractivity contribution < 1.29 is 37.3 Å². The van der Waals surface area contributed by atoms with Gasteiger partial charge in [0, 0.05) is 12.8 Å². The molecule has 1 amide bonds. The standard InChI is InChI=1S/C79H137N2O7P/c1-7-10-13-16-19-22-25-28-30-32-34-36-38-40-42-44-46-48-50-53-56-59-62-65-68-71-78(82)80-76(75-87-89(84,85)86-74-73-81(4,5)6)77(70-67-64-61-58-55-52-27-24-21-18-15-12-9-3)88-79(83)72-69-66-63-60-57-54-51-49-47-45-43-41-39-37-35-33-31-29-26-23-20-17-14-11-8-2/h10,13,19-20,22-23,28-31,34-37,40-43,46,48,67,70,76-77H,7-9,11-12,14-18,21,24-27,32-33,38-39,44-45,47,49-66,68-69,71-75H2,1-6H3,(H-,80,82,84,85)/b13-10-,22-19-,23-20-,30-28-,31-29-,36-34-,37-35-,42-40-,43-41-,48-46-,70-67+. The molecule has 0 saturated carbocycles. The molecule has 0 spiro atoms. The second-order valence-electron chi connectivity index (χ2n) is 25.4. The first kappa shape index (κ1) is 85.2. The molecule has 1 N–H and O–H groups in total. The fourth-order valence-electron chi connectivity index (χ4n) is 9.98. The Bertz CT molecular complexity index is 1990.